The predicted octanol–water partition coefficient (Wildman–Crippen LogP) is 3.13. The first-order valence-electron chi connectivity index (χ1n) is 5.81. The Labute approximate surface area is 117 Å². The van der Waals surface area contributed by atoms with Gasteiger partial charge in [0.25, 0.3) is 5.91 Å². The largest absolute Gasteiger partial charge is 0.391 e. The summed E-state index contributed by atoms with van der Waals surface area (Å²) in [6.45, 7) is 4.25. The Bertz CT molecular complexity index is 421. The average molecular weight is 290 g/mol. The van der Waals surface area contributed by atoms with E-state index in [9.17, 15) is 9.90 Å². The van der Waals surface area contributed by atoms with Gasteiger partial charge in [-0.15, -0.1) is 0 Å². The van der Waals surface area contributed by atoms with Crippen LogP contribution >= 0.6 is 23.2 Å². The fourth-order valence-electron chi connectivity index (χ4n) is 1.61. The van der Waals surface area contributed by atoms with E-state index >= 15 is 0 Å². The Hall–Kier alpha value is -0.770. The number of hydrogen-bond acceptors (Lipinski definition) is 2. The van der Waals surface area contributed by atoms with Crippen LogP contribution in [0.25, 0.3) is 0 Å². The van der Waals surface area contributed by atoms with Gasteiger partial charge in [-0.25, -0.2) is 0 Å². The second-order valence-electron chi connectivity index (χ2n) is 4.62. The molecule has 1 rings (SSSR count). The van der Waals surface area contributed by atoms with Gasteiger partial charge in [0.1, 0.15) is 0 Å². The average Bonchev–Trinajstić information content (AvgIpc) is 2.25. The molecule has 0 fully saturated rings. The molecule has 0 radical (unpaired) electrons. The fourth-order valence-corrected chi connectivity index (χ4v) is 2.10. The minimum atomic E-state index is -0.542. The molecule has 3 nitrogen and oxygen atoms in total. The predicted molar refractivity (Wildman–Crippen MR) is 74.3 cm³/mol. The maximum atomic E-state index is 11.8. The number of amides is 1. The molecule has 0 saturated heterocycles. The van der Waals surface area contributed by atoms with Crippen molar-refractivity contribution in [1.29, 1.82) is 0 Å². The second kappa shape index (κ2) is 6.98. The van der Waals surface area contributed by atoms with Gasteiger partial charge < -0.3 is 10.4 Å². The van der Waals surface area contributed by atoms with Gasteiger partial charge >= 0.3 is 0 Å². The highest BCUT2D eigenvalue weighted by atomic mass is 35.5. The van der Waals surface area contributed by atoms with E-state index in [1.807, 2.05) is 13.8 Å². The molecule has 0 aliphatic heterocycles. The molecule has 0 aromatic heterocycles. The molecule has 0 aliphatic rings. The third-order valence-corrected chi connectivity index (χ3v) is 2.97. The molecule has 1 unspecified atom stereocenters. The van der Waals surface area contributed by atoms with Crippen molar-refractivity contribution >= 4 is 29.1 Å². The third kappa shape index (κ3) is 4.84. The zero-order valence-electron chi connectivity index (χ0n) is 10.4. The second-order valence-corrected chi connectivity index (χ2v) is 5.46. The van der Waals surface area contributed by atoms with Crippen LogP contribution in [0, 0.1) is 5.92 Å². The molecule has 1 aromatic carbocycles. The van der Waals surface area contributed by atoms with Crippen molar-refractivity contribution in [2.45, 2.75) is 26.4 Å². The van der Waals surface area contributed by atoms with Crippen LogP contribution in [-0.4, -0.2) is 23.7 Å². The molecule has 0 saturated carbocycles. The lowest BCUT2D eigenvalue weighted by atomic mass is 10.1. The van der Waals surface area contributed by atoms with Crippen LogP contribution in [0.1, 0.15) is 30.6 Å². The SMILES string of the molecule is CC(C)CC(O)CNC(=O)c1ccc(Cl)cc1Cl. The first-order chi connectivity index (χ1) is 8.40. The summed E-state index contributed by atoms with van der Waals surface area (Å²) in [5, 5.41) is 13.1. The topological polar surface area (TPSA) is 49.3 Å². The lowest BCUT2D eigenvalue weighted by Gasteiger charge is -2.14. The van der Waals surface area contributed by atoms with Gasteiger partial charge in [0, 0.05) is 11.6 Å². The molecular formula is C13H17Cl2NO2. The van der Waals surface area contributed by atoms with Crippen molar-refractivity contribution in [1.82, 2.24) is 5.32 Å². The van der Waals surface area contributed by atoms with Crippen molar-refractivity contribution in [3.05, 3.63) is 33.8 Å². The van der Waals surface area contributed by atoms with Crippen LogP contribution in [0.5, 0.6) is 0 Å². The van der Waals surface area contributed by atoms with E-state index in [0.29, 0.717) is 27.9 Å². The van der Waals surface area contributed by atoms with Crippen LogP contribution < -0.4 is 5.32 Å². The minimum Gasteiger partial charge on any atom is -0.391 e. The maximum absolute atomic E-state index is 11.8. The number of rotatable bonds is 5. The molecule has 1 aromatic rings. The fraction of sp³-hybridized carbons (Fsp3) is 0.462. The zero-order valence-corrected chi connectivity index (χ0v) is 11.9. The van der Waals surface area contributed by atoms with Gasteiger partial charge in [0.05, 0.1) is 16.7 Å². The molecule has 0 aliphatic carbocycles. The smallest absolute Gasteiger partial charge is 0.252 e. The summed E-state index contributed by atoms with van der Waals surface area (Å²) in [6, 6.07) is 4.68. The van der Waals surface area contributed by atoms with Crippen LogP contribution in [0.2, 0.25) is 10.0 Å². The monoisotopic (exact) mass is 289 g/mol. The van der Waals surface area contributed by atoms with Crippen LogP contribution in [-0.2, 0) is 0 Å². The van der Waals surface area contributed by atoms with Crippen LogP contribution in [0.15, 0.2) is 18.2 Å². The maximum Gasteiger partial charge on any atom is 0.252 e. The van der Waals surface area contributed by atoms with Gasteiger partial charge in [0.2, 0.25) is 0 Å². The van der Waals surface area contributed by atoms with Gasteiger partial charge in [-0.1, -0.05) is 37.0 Å². The summed E-state index contributed by atoms with van der Waals surface area (Å²) < 4.78 is 0. The van der Waals surface area contributed by atoms with Crippen molar-refractivity contribution in [3.63, 3.8) is 0 Å². The molecule has 5 heteroatoms. The summed E-state index contributed by atoms with van der Waals surface area (Å²) in [5.41, 5.74) is 0.359. The number of aliphatic hydroxyl groups excluding tert-OH is 1. The Morgan fingerprint density at radius 2 is 2.06 bits per heavy atom. The molecule has 0 bridgehead atoms. The Balaban J connectivity index is 2.55. The minimum absolute atomic E-state index is 0.218. The molecule has 0 spiro atoms. The van der Waals surface area contributed by atoms with Crippen LogP contribution in [0.4, 0.5) is 0 Å². The number of nitrogens with one attached hydrogen (secondary N) is 1. The zero-order chi connectivity index (χ0) is 13.7. The highest BCUT2D eigenvalue weighted by Gasteiger charge is 2.13. The highest BCUT2D eigenvalue weighted by Crippen LogP contribution is 2.20. The Morgan fingerprint density at radius 1 is 1.39 bits per heavy atom. The van der Waals surface area contributed by atoms with E-state index in [0.717, 1.165) is 0 Å². The summed E-state index contributed by atoms with van der Waals surface area (Å²) in [6.07, 6.45) is 0.106. The lowest BCUT2D eigenvalue weighted by molar-refractivity contribution is 0.0900. The van der Waals surface area contributed by atoms with E-state index in [2.05, 4.69) is 5.32 Å². The lowest BCUT2D eigenvalue weighted by Crippen LogP contribution is -2.32. The van der Waals surface area contributed by atoms with Crippen LogP contribution in [0.3, 0.4) is 0 Å². The molecule has 2 N–H and O–H groups in total. The van der Waals surface area contributed by atoms with Gasteiger partial charge in [0.15, 0.2) is 0 Å². The molecule has 18 heavy (non-hydrogen) atoms. The summed E-state index contributed by atoms with van der Waals surface area (Å²) in [7, 11) is 0. The van der Waals surface area contributed by atoms with Crippen molar-refractivity contribution < 1.29 is 9.90 Å². The van der Waals surface area contributed by atoms with Gasteiger partial charge in [-0.3, -0.25) is 4.79 Å². The highest BCUT2D eigenvalue weighted by molar-refractivity contribution is 6.36. The third-order valence-electron chi connectivity index (χ3n) is 2.42. The summed E-state index contributed by atoms with van der Waals surface area (Å²) >= 11 is 11.7. The van der Waals surface area contributed by atoms with E-state index in [-0.39, 0.29) is 12.5 Å². The van der Waals surface area contributed by atoms with E-state index in [4.69, 9.17) is 23.2 Å². The van der Waals surface area contributed by atoms with E-state index in [1.165, 1.54) is 6.07 Å². The molecular weight excluding hydrogens is 273 g/mol. The van der Waals surface area contributed by atoms with Crippen molar-refractivity contribution in [2.75, 3.05) is 6.54 Å². The number of carbonyl (C=O) groups excluding carboxylic acids is 1. The first-order valence-corrected chi connectivity index (χ1v) is 6.57. The first kappa shape index (κ1) is 15.3. The number of carbonyl (C=O) groups is 1. The Morgan fingerprint density at radius 3 is 2.61 bits per heavy atom. The van der Waals surface area contributed by atoms with Gasteiger partial charge in [-0.05, 0) is 30.5 Å². The van der Waals surface area contributed by atoms with Gasteiger partial charge in [-0.2, -0.15) is 0 Å². The summed E-state index contributed by atoms with van der Waals surface area (Å²) in [5.74, 6) is 0.0792. The standard InChI is InChI=1S/C13H17Cl2NO2/c1-8(2)5-10(17)7-16-13(18)11-4-3-9(14)6-12(11)15/h3-4,6,8,10,17H,5,7H2,1-2H3,(H,16,18). The number of hydrogen-bond donors (Lipinski definition) is 2. The number of halogens is 2. The van der Waals surface area contributed by atoms with E-state index < -0.39 is 6.10 Å². The molecule has 0 heterocycles. The van der Waals surface area contributed by atoms with Crippen molar-refractivity contribution in [3.8, 4) is 0 Å². The Kier molecular flexibility index (Phi) is 5.93. The molecule has 100 valence electrons. The molecule has 1 atom stereocenters. The van der Waals surface area contributed by atoms with Crippen molar-refractivity contribution in [2.24, 2.45) is 5.92 Å². The number of benzene rings is 1. The number of aliphatic hydroxyl groups is 1. The normalized spacial score (nSPS) is 12.6. The quantitative estimate of drug-likeness (QED) is 0.875. The molecule has 1 amide bonds. The van der Waals surface area contributed by atoms with E-state index in [1.54, 1.807) is 12.1 Å². The summed E-state index contributed by atoms with van der Waals surface area (Å²) in [4.78, 5) is 11.8.